The quantitative estimate of drug-likeness (QED) is 0.442. The fraction of sp³-hybridized carbons (Fsp3) is 0.0625. The number of nitrogens with one attached hydrogen (secondary N) is 2. The maximum Gasteiger partial charge on any atom is 0.491 e. The van der Waals surface area contributed by atoms with Gasteiger partial charge < -0.3 is 20.7 Å². The van der Waals surface area contributed by atoms with Crippen molar-refractivity contribution >= 4 is 45.5 Å². The number of sulfonamides is 1. The Kier molecular flexibility index (Phi) is 4.59. The molecule has 1 aliphatic rings. The van der Waals surface area contributed by atoms with Crippen molar-refractivity contribution in [3.8, 4) is 0 Å². The monoisotopic (exact) mass is 398 g/mol. The summed E-state index contributed by atoms with van der Waals surface area (Å²) in [6, 6.07) is 6.25. The normalized spacial score (nSPS) is 13.2. The van der Waals surface area contributed by atoms with Crippen LogP contribution in [0.25, 0.3) is 0 Å². The third kappa shape index (κ3) is 3.60. The number of aromatic nitrogens is 3. The summed E-state index contributed by atoms with van der Waals surface area (Å²) in [5, 5.41) is 12.4. The van der Waals surface area contributed by atoms with Gasteiger partial charge in [-0.15, -0.1) is 0 Å². The van der Waals surface area contributed by atoms with Gasteiger partial charge >= 0.3 is 7.12 Å². The van der Waals surface area contributed by atoms with E-state index in [1.54, 1.807) is 12.1 Å². The first-order chi connectivity index (χ1) is 13.4. The molecule has 0 spiro atoms. The third-order valence-electron chi connectivity index (χ3n) is 4.01. The minimum atomic E-state index is -4.07. The highest BCUT2D eigenvalue weighted by Crippen LogP contribution is 2.26. The highest BCUT2D eigenvalue weighted by atomic mass is 32.2. The Balaban J connectivity index is 1.67. The Morgan fingerprint density at radius 3 is 2.82 bits per heavy atom. The molecule has 1 aliphatic heterocycles. The molecule has 0 unspecified atom stereocenters. The van der Waals surface area contributed by atoms with Crippen molar-refractivity contribution in [3.63, 3.8) is 0 Å². The molecular weight excluding hydrogens is 383 g/mol. The largest absolute Gasteiger partial charge is 0.491 e. The zero-order valence-electron chi connectivity index (χ0n) is 14.4. The van der Waals surface area contributed by atoms with Crippen molar-refractivity contribution in [2.45, 2.75) is 11.6 Å². The number of rotatable bonds is 5. The molecular formula is C16H15BN6O4S. The molecule has 28 heavy (non-hydrogen) atoms. The Labute approximate surface area is 161 Å². The molecule has 3 aromatic rings. The van der Waals surface area contributed by atoms with Gasteiger partial charge in [0.15, 0.2) is 5.03 Å². The molecule has 0 saturated carbocycles. The van der Waals surface area contributed by atoms with E-state index in [4.69, 9.17) is 10.4 Å². The number of nitrogen functional groups attached to an aromatic ring is 1. The summed E-state index contributed by atoms with van der Waals surface area (Å²) in [6.07, 6.45) is 5.64. The molecule has 2 aromatic heterocycles. The van der Waals surface area contributed by atoms with E-state index < -0.39 is 17.1 Å². The Morgan fingerprint density at radius 2 is 2.04 bits per heavy atom. The van der Waals surface area contributed by atoms with E-state index in [0.29, 0.717) is 11.3 Å². The topological polar surface area (TPSA) is 152 Å². The van der Waals surface area contributed by atoms with Gasteiger partial charge in [-0.3, -0.25) is 9.71 Å². The summed E-state index contributed by atoms with van der Waals surface area (Å²) in [5.74, 6) is 0.337. The van der Waals surface area contributed by atoms with E-state index in [-0.39, 0.29) is 28.7 Å². The van der Waals surface area contributed by atoms with E-state index in [1.807, 2.05) is 0 Å². The van der Waals surface area contributed by atoms with E-state index in [2.05, 4.69) is 25.0 Å². The van der Waals surface area contributed by atoms with E-state index in [1.165, 1.54) is 36.9 Å². The molecule has 0 radical (unpaired) electrons. The summed E-state index contributed by atoms with van der Waals surface area (Å²) >= 11 is 0. The van der Waals surface area contributed by atoms with Crippen LogP contribution in [0.4, 0.5) is 22.9 Å². The van der Waals surface area contributed by atoms with E-state index in [9.17, 15) is 13.4 Å². The van der Waals surface area contributed by atoms with Gasteiger partial charge in [0, 0.05) is 18.1 Å². The Bertz CT molecular complexity index is 1130. The number of fused-ring (bicyclic) bond motifs is 1. The molecule has 12 heteroatoms. The van der Waals surface area contributed by atoms with Crippen molar-refractivity contribution in [1.29, 1.82) is 0 Å². The van der Waals surface area contributed by atoms with Gasteiger partial charge in [-0.05, 0) is 29.2 Å². The van der Waals surface area contributed by atoms with Crippen LogP contribution in [0.5, 0.6) is 0 Å². The lowest BCUT2D eigenvalue weighted by Crippen LogP contribution is -2.28. The third-order valence-corrected chi connectivity index (χ3v) is 5.35. The first-order valence-corrected chi connectivity index (χ1v) is 9.64. The number of pyridine rings is 1. The standard InChI is InChI=1S/C16H15BN6O4S/c18-11-5-14(22-15-8-19-3-4-20-15)16(21-7-11)28(25,26)23-12-2-1-10-9-27-17(24)13(10)6-12/h1-8,23-24H,9,18H2,(H,20,22). The second-order valence-electron chi connectivity index (χ2n) is 6.02. The minimum absolute atomic E-state index is 0.150. The van der Waals surface area contributed by atoms with Crippen LogP contribution >= 0.6 is 0 Å². The maximum absolute atomic E-state index is 12.9. The Hall–Kier alpha value is -3.22. The average Bonchev–Trinajstić information content (AvgIpc) is 3.03. The molecule has 0 aliphatic carbocycles. The molecule has 0 amide bonds. The molecule has 1 aromatic carbocycles. The number of nitrogens with zero attached hydrogens (tertiary/aromatic N) is 3. The molecule has 5 N–H and O–H groups in total. The van der Waals surface area contributed by atoms with Crippen molar-refractivity contribution in [1.82, 2.24) is 15.0 Å². The van der Waals surface area contributed by atoms with Crippen LogP contribution in [0.1, 0.15) is 5.56 Å². The zero-order chi connectivity index (χ0) is 19.7. The van der Waals surface area contributed by atoms with Gasteiger partial charge in [-0.25, -0.2) is 9.97 Å². The second-order valence-corrected chi connectivity index (χ2v) is 7.62. The van der Waals surface area contributed by atoms with Gasteiger partial charge in [-0.1, -0.05) is 6.07 Å². The van der Waals surface area contributed by atoms with Crippen LogP contribution < -0.4 is 21.2 Å². The number of hydrogen-bond acceptors (Lipinski definition) is 9. The highest BCUT2D eigenvalue weighted by molar-refractivity contribution is 7.92. The van der Waals surface area contributed by atoms with Gasteiger partial charge in [0.2, 0.25) is 0 Å². The first kappa shape index (κ1) is 18.2. The van der Waals surface area contributed by atoms with Crippen LogP contribution in [0, 0.1) is 0 Å². The molecule has 142 valence electrons. The molecule has 0 fully saturated rings. The van der Waals surface area contributed by atoms with E-state index >= 15 is 0 Å². The predicted molar refractivity (Wildman–Crippen MR) is 104 cm³/mol. The lowest BCUT2D eigenvalue weighted by atomic mass is 9.79. The van der Waals surface area contributed by atoms with Crippen molar-refractivity contribution < 1.29 is 18.1 Å². The lowest BCUT2D eigenvalue weighted by molar-refractivity contribution is 0.275. The molecule has 0 saturated heterocycles. The van der Waals surface area contributed by atoms with Gasteiger partial charge in [0.1, 0.15) is 5.82 Å². The van der Waals surface area contributed by atoms with Gasteiger partial charge in [0.25, 0.3) is 10.0 Å². The summed E-state index contributed by atoms with van der Waals surface area (Å²) in [6.45, 7) is 0.273. The predicted octanol–water partition coefficient (Wildman–Crippen LogP) is 0.216. The lowest BCUT2D eigenvalue weighted by Gasteiger charge is -2.13. The van der Waals surface area contributed by atoms with Crippen LogP contribution in [0.2, 0.25) is 0 Å². The molecule has 4 rings (SSSR count). The zero-order valence-corrected chi connectivity index (χ0v) is 15.2. The van der Waals surface area contributed by atoms with E-state index in [0.717, 1.165) is 5.56 Å². The van der Waals surface area contributed by atoms with Crippen LogP contribution in [-0.4, -0.2) is 35.5 Å². The number of anilines is 4. The average molecular weight is 398 g/mol. The fourth-order valence-corrected chi connectivity index (χ4v) is 3.88. The van der Waals surface area contributed by atoms with Crippen LogP contribution in [0.15, 0.2) is 54.1 Å². The van der Waals surface area contributed by atoms with Crippen molar-refractivity contribution in [3.05, 3.63) is 54.6 Å². The van der Waals surface area contributed by atoms with Crippen LogP contribution in [0.3, 0.4) is 0 Å². The van der Waals surface area contributed by atoms with Crippen molar-refractivity contribution in [2.24, 2.45) is 0 Å². The smallest absolute Gasteiger partial charge is 0.423 e. The second kappa shape index (κ2) is 7.07. The van der Waals surface area contributed by atoms with Gasteiger partial charge in [0.05, 0.1) is 30.4 Å². The number of nitrogens with two attached hydrogens (primary N) is 1. The number of benzene rings is 1. The SMILES string of the molecule is Nc1cnc(S(=O)(=O)Nc2ccc3c(c2)B(O)OC3)c(Nc2cnccn2)c1. The highest BCUT2D eigenvalue weighted by Gasteiger charge is 2.28. The van der Waals surface area contributed by atoms with Gasteiger partial charge in [-0.2, -0.15) is 8.42 Å². The molecule has 0 atom stereocenters. The first-order valence-electron chi connectivity index (χ1n) is 8.16. The Morgan fingerprint density at radius 1 is 1.18 bits per heavy atom. The fourth-order valence-electron chi connectivity index (χ4n) is 2.76. The molecule has 10 nitrogen and oxygen atoms in total. The van der Waals surface area contributed by atoms with Crippen molar-refractivity contribution in [2.75, 3.05) is 15.8 Å². The number of hydrogen-bond donors (Lipinski definition) is 4. The summed E-state index contributed by atoms with van der Waals surface area (Å²) in [5.41, 5.74) is 7.77. The minimum Gasteiger partial charge on any atom is -0.423 e. The molecule has 0 bridgehead atoms. The molecule has 3 heterocycles. The summed E-state index contributed by atoms with van der Waals surface area (Å²) in [4.78, 5) is 12.0. The van der Waals surface area contributed by atoms with Crippen LogP contribution in [-0.2, 0) is 21.3 Å². The summed E-state index contributed by atoms with van der Waals surface area (Å²) < 4.78 is 33.4. The summed E-state index contributed by atoms with van der Waals surface area (Å²) in [7, 11) is -5.15. The maximum atomic E-state index is 12.9.